The first-order valence-corrected chi connectivity index (χ1v) is 11.2. The van der Waals surface area contributed by atoms with Gasteiger partial charge in [-0.25, -0.2) is 19.4 Å². The van der Waals surface area contributed by atoms with Crippen LogP contribution in [-0.4, -0.2) is 44.5 Å². The summed E-state index contributed by atoms with van der Waals surface area (Å²) in [5, 5.41) is 20.1. The van der Waals surface area contributed by atoms with Crippen LogP contribution < -0.4 is 0 Å². The molecule has 0 bridgehead atoms. The van der Waals surface area contributed by atoms with Crippen molar-refractivity contribution in [1.29, 1.82) is 0 Å². The van der Waals surface area contributed by atoms with Crippen molar-refractivity contribution in [3.05, 3.63) is 76.9 Å². The number of benzene rings is 2. The predicted octanol–water partition coefficient (Wildman–Crippen LogP) is 4.40. The van der Waals surface area contributed by atoms with E-state index in [1.807, 2.05) is 19.1 Å². The van der Waals surface area contributed by atoms with Gasteiger partial charge in [0.25, 0.3) is 0 Å². The van der Waals surface area contributed by atoms with E-state index in [2.05, 4.69) is 4.98 Å². The van der Waals surface area contributed by atoms with Crippen molar-refractivity contribution < 1.29 is 34.1 Å². The normalized spacial score (nSPS) is 11.2. The summed E-state index contributed by atoms with van der Waals surface area (Å²) in [7, 11) is 0. The fourth-order valence-electron chi connectivity index (χ4n) is 3.74. The van der Waals surface area contributed by atoms with Crippen LogP contribution in [0.25, 0.3) is 11.1 Å². The van der Waals surface area contributed by atoms with Gasteiger partial charge in [0.05, 0.1) is 12.2 Å². The second-order valence-electron chi connectivity index (χ2n) is 8.34. The van der Waals surface area contributed by atoms with E-state index in [0.717, 1.165) is 11.1 Å². The van der Waals surface area contributed by atoms with Crippen molar-refractivity contribution in [3.63, 3.8) is 0 Å². The minimum atomic E-state index is -1.47. The van der Waals surface area contributed by atoms with Gasteiger partial charge in [-0.15, -0.1) is 0 Å². The Hall–Kier alpha value is -3.98. The van der Waals surface area contributed by atoms with Gasteiger partial charge in [-0.3, -0.25) is 0 Å². The van der Waals surface area contributed by atoms with E-state index >= 15 is 0 Å². The molecule has 9 nitrogen and oxygen atoms in total. The quantitative estimate of drug-likeness (QED) is 0.359. The van der Waals surface area contributed by atoms with Gasteiger partial charge in [0.1, 0.15) is 17.1 Å². The number of carbonyl (C=O) groups excluding carboxylic acids is 2. The lowest BCUT2D eigenvalue weighted by Gasteiger charge is -2.17. The van der Waals surface area contributed by atoms with Crippen LogP contribution >= 0.6 is 0 Å². The number of rotatable bonds is 8. The molecule has 0 radical (unpaired) electrons. The van der Waals surface area contributed by atoms with Crippen LogP contribution in [0, 0.1) is 0 Å². The van der Waals surface area contributed by atoms with E-state index < -0.39 is 23.7 Å². The lowest BCUT2D eigenvalue weighted by molar-refractivity contribution is 0.0364. The van der Waals surface area contributed by atoms with Crippen molar-refractivity contribution in [1.82, 2.24) is 9.55 Å². The summed E-state index contributed by atoms with van der Waals surface area (Å²) in [6.07, 6.45) is -0.675. The Bertz CT molecular complexity index is 1240. The smallest absolute Gasteiger partial charge is 0.478 e. The second-order valence-corrected chi connectivity index (χ2v) is 8.34. The molecule has 3 aromatic rings. The van der Waals surface area contributed by atoms with Crippen LogP contribution in [0.1, 0.15) is 65.6 Å². The van der Waals surface area contributed by atoms with E-state index in [0.29, 0.717) is 17.8 Å². The molecule has 9 heteroatoms. The Balaban J connectivity index is 2.01. The Morgan fingerprint density at radius 1 is 1.03 bits per heavy atom. The van der Waals surface area contributed by atoms with E-state index in [4.69, 9.17) is 9.47 Å². The number of hydrogen-bond acceptors (Lipinski definition) is 7. The topological polar surface area (TPSA) is 128 Å². The molecule has 184 valence electrons. The summed E-state index contributed by atoms with van der Waals surface area (Å²) < 4.78 is 11.2. The highest BCUT2D eigenvalue weighted by molar-refractivity contribution is 5.96. The standard InChI is InChI=1S/C26H28N2O7/c1-5-20-27-22(26(3,4)33)21(24(31)35-25(32)34-6-2)28(20)15-16-11-13-17(14-12-16)18-9-7-8-10-19(18)23(29)30/h7-14,33H,5-6,15H2,1-4H3,(H,29,30). The maximum atomic E-state index is 12.9. The maximum Gasteiger partial charge on any atom is 0.516 e. The summed E-state index contributed by atoms with van der Waals surface area (Å²) in [5.74, 6) is -1.46. The SMILES string of the molecule is CCOC(=O)OC(=O)c1c(C(C)(C)O)nc(CC)n1Cc1ccc(-c2ccccc2C(=O)O)cc1. The van der Waals surface area contributed by atoms with E-state index in [1.165, 1.54) is 13.8 Å². The summed E-state index contributed by atoms with van der Waals surface area (Å²) in [6.45, 7) is 6.69. The summed E-state index contributed by atoms with van der Waals surface area (Å²) >= 11 is 0. The Morgan fingerprint density at radius 2 is 1.69 bits per heavy atom. The molecule has 0 spiro atoms. The van der Waals surface area contributed by atoms with Crippen molar-refractivity contribution >= 4 is 18.1 Å². The summed E-state index contributed by atoms with van der Waals surface area (Å²) in [5.41, 5.74) is 0.892. The summed E-state index contributed by atoms with van der Waals surface area (Å²) in [6, 6.07) is 14.0. The van der Waals surface area contributed by atoms with Gasteiger partial charge in [0.2, 0.25) is 0 Å². The minimum absolute atomic E-state index is 0.0392. The first kappa shape index (κ1) is 25.6. The van der Waals surface area contributed by atoms with Gasteiger partial charge >= 0.3 is 18.1 Å². The van der Waals surface area contributed by atoms with Gasteiger partial charge in [0.15, 0.2) is 5.69 Å². The number of aromatic carboxylic acids is 1. The molecule has 1 aromatic heterocycles. The van der Waals surface area contributed by atoms with Gasteiger partial charge in [-0.2, -0.15) is 0 Å². The third-order valence-electron chi connectivity index (χ3n) is 5.34. The average Bonchev–Trinajstić information content (AvgIpc) is 3.18. The number of hydrogen-bond donors (Lipinski definition) is 2. The number of aryl methyl sites for hydroxylation is 1. The van der Waals surface area contributed by atoms with E-state index in [1.54, 1.807) is 47.9 Å². The first-order valence-electron chi connectivity index (χ1n) is 11.2. The predicted molar refractivity (Wildman–Crippen MR) is 127 cm³/mol. The molecular weight excluding hydrogens is 452 g/mol. The second kappa shape index (κ2) is 10.5. The van der Waals surface area contributed by atoms with Gasteiger partial charge < -0.3 is 24.3 Å². The van der Waals surface area contributed by atoms with Crippen LogP contribution in [0.4, 0.5) is 4.79 Å². The average molecular weight is 481 g/mol. The van der Waals surface area contributed by atoms with Crippen LogP contribution in [0.2, 0.25) is 0 Å². The lowest BCUT2D eigenvalue weighted by Crippen LogP contribution is -2.25. The Kier molecular flexibility index (Phi) is 7.71. The summed E-state index contributed by atoms with van der Waals surface area (Å²) in [4.78, 5) is 40.7. The molecule has 0 aliphatic heterocycles. The number of carboxylic acid groups (broad SMARTS) is 1. The third kappa shape index (κ3) is 5.75. The Morgan fingerprint density at radius 3 is 2.26 bits per heavy atom. The van der Waals surface area contributed by atoms with Crippen LogP contribution in [-0.2, 0) is 28.0 Å². The zero-order valence-corrected chi connectivity index (χ0v) is 20.1. The lowest BCUT2D eigenvalue weighted by atomic mass is 9.98. The monoisotopic (exact) mass is 480 g/mol. The molecule has 0 unspecified atom stereocenters. The molecule has 0 saturated heterocycles. The van der Waals surface area contributed by atoms with Crippen LogP contribution in [0.3, 0.4) is 0 Å². The number of aromatic nitrogens is 2. The number of carbonyl (C=O) groups is 3. The molecule has 0 amide bonds. The van der Waals surface area contributed by atoms with Gasteiger partial charge in [-0.1, -0.05) is 49.4 Å². The molecule has 0 atom stereocenters. The third-order valence-corrected chi connectivity index (χ3v) is 5.34. The number of carboxylic acids is 1. The number of esters is 1. The number of imidazole rings is 1. The number of nitrogens with zero attached hydrogens (tertiary/aromatic N) is 2. The van der Waals surface area contributed by atoms with Crippen molar-refractivity contribution in [2.45, 2.75) is 46.3 Å². The highest BCUT2D eigenvalue weighted by Crippen LogP contribution is 2.28. The molecule has 3 rings (SSSR count). The van der Waals surface area contributed by atoms with E-state index in [9.17, 15) is 24.6 Å². The highest BCUT2D eigenvalue weighted by atomic mass is 16.7. The molecule has 1 heterocycles. The molecule has 2 N–H and O–H groups in total. The molecule has 0 saturated carbocycles. The fraction of sp³-hybridized carbons (Fsp3) is 0.308. The van der Waals surface area contributed by atoms with Gasteiger partial charge in [0, 0.05) is 13.0 Å². The highest BCUT2D eigenvalue weighted by Gasteiger charge is 2.33. The van der Waals surface area contributed by atoms with Crippen molar-refractivity contribution in [2.24, 2.45) is 0 Å². The molecular formula is C26H28N2O7. The molecule has 35 heavy (non-hydrogen) atoms. The fourth-order valence-corrected chi connectivity index (χ4v) is 3.74. The number of aliphatic hydroxyl groups is 1. The maximum absolute atomic E-state index is 12.9. The zero-order chi connectivity index (χ0) is 25.8. The largest absolute Gasteiger partial charge is 0.516 e. The molecule has 2 aromatic carbocycles. The van der Waals surface area contributed by atoms with E-state index in [-0.39, 0.29) is 30.1 Å². The first-order chi connectivity index (χ1) is 16.6. The zero-order valence-electron chi connectivity index (χ0n) is 20.1. The van der Waals surface area contributed by atoms with Crippen molar-refractivity contribution in [2.75, 3.05) is 6.61 Å². The van der Waals surface area contributed by atoms with Crippen LogP contribution in [0.5, 0.6) is 0 Å². The molecule has 0 fully saturated rings. The van der Waals surface area contributed by atoms with Crippen molar-refractivity contribution in [3.8, 4) is 11.1 Å². The van der Waals surface area contributed by atoms with Crippen LogP contribution in [0.15, 0.2) is 48.5 Å². The van der Waals surface area contributed by atoms with Gasteiger partial charge in [-0.05, 0) is 43.5 Å². The minimum Gasteiger partial charge on any atom is -0.478 e. The number of ether oxygens (including phenoxy) is 2. The Labute approximate surface area is 202 Å². The molecule has 0 aliphatic rings. The molecule has 0 aliphatic carbocycles.